The molecular formula is C9H14O6S2. The minimum atomic E-state index is -2.02. The van der Waals surface area contributed by atoms with Gasteiger partial charge in [-0.3, -0.25) is 4.21 Å². The maximum atomic E-state index is 12.1. The molecule has 6 nitrogen and oxygen atoms in total. The molecule has 2 aliphatic rings. The molecule has 0 spiro atoms. The molecule has 2 aliphatic heterocycles. The van der Waals surface area contributed by atoms with E-state index in [9.17, 15) is 24.3 Å². The van der Waals surface area contributed by atoms with Crippen LogP contribution in [-0.4, -0.2) is 59.7 Å². The second kappa shape index (κ2) is 4.20. The summed E-state index contributed by atoms with van der Waals surface area (Å²) in [5, 5.41) is 27.5. The highest BCUT2D eigenvalue weighted by molar-refractivity contribution is 7.89. The molecule has 3 N–H and O–H groups in total. The van der Waals surface area contributed by atoms with Gasteiger partial charge in [0.05, 0.1) is 5.25 Å². The second-order valence-corrected chi connectivity index (χ2v) is 6.65. The summed E-state index contributed by atoms with van der Waals surface area (Å²) < 4.78 is 16.8. The number of thiol groups is 1. The van der Waals surface area contributed by atoms with Gasteiger partial charge in [-0.1, -0.05) is 6.92 Å². The van der Waals surface area contributed by atoms with Crippen molar-refractivity contribution in [1.29, 1.82) is 0 Å². The van der Waals surface area contributed by atoms with Crippen molar-refractivity contribution in [3.8, 4) is 0 Å². The molecule has 0 radical (unpaired) electrons. The molecule has 0 bridgehead atoms. The molecule has 0 aromatic carbocycles. The third kappa shape index (κ3) is 1.66. The smallest absolute Gasteiger partial charge is 0.339 e. The SMILES string of the molecule is CC1C(C(O)S)S(=O)C2C(O)COC(=O)[C@]12O. The van der Waals surface area contributed by atoms with Gasteiger partial charge in [0.2, 0.25) is 0 Å². The van der Waals surface area contributed by atoms with Crippen molar-refractivity contribution < 1.29 is 29.1 Å². The van der Waals surface area contributed by atoms with Crippen molar-refractivity contribution in [3.05, 3.63) is 0 Å². The van der Waals surface area contributed by atoms with E-state index in [0.29, 0.717) is 0 Å². The van der Waals surface area contributed by atoms with Gasteiger partial charge in [0, 0.05) is 16.7 Å². The van der Waals surface area contributed by atoms with Gasteiger partial charge >= 0.3 is 5.97 Å². The Labute approximate surface area is 106 Å². The monoisotopic (exact) mass is 282 g/mol. The van der Waals surface area contributed by atoms with Gasteiger partial charge in [-0.25, -0.2) is 4.79 Å². The highest BCUT2D eigenvalue weighted by atomic mass is 32.2. The Kier molecular flexibility index (Phi) is 3.28. The van der Waals surface area contributed by atoms with E-state index in [0.717, 1.165) is 0 Å². The third-order valence-corrected chi connectivity index (χ3v) is 6.39. The molecule has 2 rings (SSSR count). The number of carbonyl (C=O) groups is 1. The van der Waals surface area contributed by atoms with E-state index in [4.69, 9.17) is 0 Å². The normalized spacial score (nSPS) is 51.8. The van der Waals surface area contributed by atoms with Gasteiger partial charge in [-0.2, -0.15) is 0 Å². The Bertz CT molecular complexity index is 372. The molecule has 0 aromatic heterocycles. The molecule has 0 aromatic rings. The molecule has 2 fully saturated rings. The Morgan fingerprint density at radius 3 is 2.71 bits per heavy atom. The van der Waals surface area contributed by atoms with Gasteiger partial charge in [-0.15, -0.1) is 12.6 Å². The van der Waals surface area contributed by atoms with Crippen LogP contribution in [0.25, 0.3) is 0 Å². The first kappa shape index (κ1) is 13.3. The van der Waals surface area contributed by atoms with E-state index in [-0.39, 0.29) is 6.61 Å². The number of hydrogen-bond donors (Lipinski definition) is 4. The van der Waals surface area contributed by atoms with Gasteiger partial charge in [0.25, 0.3) is 0 Å². The predicted molar refractivity (Wildman–Crippen MR) is 61.8 cm³/mol. The first-order valence-electron chi connectivity index (χ1n) is 5.15. The van der Waals surface area contributed by atoms with Crippen molar-refractivity contribution in [2.75, 3.05) is 6.61 Å². The summed E-state index contributed by atoms with van der Waals surface area (Å²) in [6.45, 7) is 1.20. The average molecular weight is 282 g/mol. The third-order valence-electron chi connectivity index (χ3n) is 3.49. The molecule has 2 saturated heterocycles. The molecule has 0 amide bonds. The lowest BCUT2D eigenvalue weighted by Crippen LogP contribution is -2.61. The van der Waals surface area contributed by atoms with Crippen LogP contribution in [0.4, 0.5) is 0 Å². The summed E-state index contributed by atoms with van der Waals surface area (Å²) in [6, 6.07) is 0. The van der Waals surface area contributed by atoms with Crippen LogP contribution >= 0.6 is 12.6 Å². The number of aliphatic hydroxyl groups is 3. The summed E-state index contributed by atoms with van der Waals surface area (Å²) in [6.07, 6.45) is -1.20. The van der Waals surface area contributed by atoms with Crippen LogP contribution in [0.5, 0.6) is 0 Å². The van der Waals surface area contributed by atoms with Crippen LogP contribution in [0.2, 0.25) is 0 Å². The fraction of sp³-hybridized carbons (Fsp3) is 0.889. The summed E-state index contributed by atoms with van der Waals surface area (Å²) in [4.78, 5) is 11.6. The predicted octanol–water partition coefficient (Wildman–Crippen LogP) is -1.98. The molecule has 17 heavy (non-hydrogen) atoms. The van der Waals surface area contributed by atoms with Crippen molar-refractivity contribution in [3.63, 3.8) is 0 Å². The Morgan fingerprint density at radius 1 is 1.65 bits per heavy atom. The zero-order valence-corrected chi connectivity index (χ0v) is 10.7. The van der Waals surface area contributed by atoms with E-state index in [1.807, 2.05) is 0 Å². The van der Waals surface area contributed by atoms with Crippen LogP contribution in [0.15, 0.2) is 0 Å². The Morgan fingerprint density at radius 2 is 2.24 bits per heavy atom. The summed E-state index contributed by atoms with van der Waals surface area (Å²) in [5.41, 5.74) is -3.25. The fourth-order valence-electron chi connectivity index (χ4n) is 2.55. The summed E-state index contributed by atoms with van der Waals surface area (Å²) in [5.74, 6) is -1.70. The summed E-state index contributed by atoms with van der Waals surface area (Å²) >= 11 is 3.81. The maximum Gasteiger partial charge on any atom is 0.339 e. The number of rotatable bonds is 1. The van der Waals surface area contributed by atoms with E-state index >= 15 is 0 Å². The number of cyclic esters (lactones) is 1. The van der Waals surface area contributed by atoms with Crippen molar-refractivity contribution >= 4 is 29.4 Å². The number of esters is 1. The fourth-order valence-corrected chi connectivity index (χ4v) is 5.41. The van der Waals surface area contributed by atoms with E-state index in [1.165, 1.54) is 6.92 Å². The Hall–Kier alpha value is -0.150. The Balaban J connectivity index is 2.47. The van der Waals surface area contributed by atoms with Gasteiger partial charge in [0.15, 0.2) is 5.60 Å². The van der Waals surface area contributed by atoms with E-state index < -0.39 is 50.3 Å². The molecule has 7 atom stereocenters. The van der Waals surface area contributed by atoms with Crippen LogP contribution in [-0.2, 0) is 20.3 Å². The van der Waals surface area contributed by atoms with Crippen LogP contribution < -0.4 is 0 Å². The lowest BCUT2D eigenvalue weighted by atomic mass is 9.81. The standard InChI is InChI=1S/C9H14O6S2/c1-3-5(7(11)16)17(14)6-4(10)2-15-8(12)9(3,6)13/h3-7,10-11,13,16H,2H2,1H3/t3?,4?,5?,6?,7?,9-,17?/m0/s1. The van der Waals surface area contributed by atoms with E-state index in [2.05, 4.69) is 17.4 Å². The lowest BCUT2D eigenvalue weighted by molar-refractivity contribution is -0.187. The lowest BCUT2D eigenvalue weighted by Gasteiger charge is -2.36. The molecule has 8 heteroatoms. The highest BCUT2D eigenvalue weighted by Crippen LogP contribution is 2.45. The number of aliphatic hydroxyl groups excluding tert-OH is 2. The van der Waals surface area contributed by atoms with Crippen molar-refractivity contribution in [2.45, 2.75) is 34.6 Å². The van der Waals surface area contributed by atoms with Crippen molar-refractivity contribution in [1.82, 2.24) is 0 Å². The zero-order valence-electron chi connectivity index (χ0n) is 9.02. The molecule has 6 unspecified atom stereocenters. The number of fused-ring (bicyclic) bond motifs is 1. The van der Waals surface area contributed by atoms with Gasteiger partial charge < -0.3 is 20.1 Å². The maximum absolute atomic E-state index is 12.1. The van der Waals surface area contributed by atoms with Gasteiger partial charge in [0.1, 0.15) is 23.4 Å². The van der Waals surface area contributed by atoms with E-state index in [1.54, 1.807) is 0 Å². The highest BCUT2D eigenvalue weighted by Gasteiger charge is 2.67. The second-order valence-electron chi connectivity index (χ2n) is 4.41. The van der Waals surface area contributed by atoms with Crippen LogP contribution in [0.3, 0.4) is 0 Å². The first-order chi connectivity index (χ1) is 7.81. The minimum absolute atomic E-state index is 0.292. The molecular weight excluding hydrogens is 268 g/mol. The molecule has 2 heterocycles. The van der Waals surface area contributed by atoms with Gasteiger partial charge in [-0.05, 0) is 0 Å². The number of hydrogen-bond acceptors (Lipinski definition) is 7. The van der Waals surface area contributed by atoms with Crippen LogP contribution in [0, 0.1) is 5.92 Å². The largest absolute Gasteiger partial charge is 0.461 e. The quantitative estimate of drug-likeness (QED) is 0.252. The summed E-state index contributed by atoms with van der Waals surface area (Å²) in [7, 11) is -1.75. The molecule has 98 valence electrons. The van der Waals surface area contributed by atoms with Crippen molar-refractivity contribution in [2.24, 2.45) is 5.92 Å². The average Bonchev–Trinajstić information content (AvgIpc) is 2.43. The molecule has 0 aliphatic carbocycles. The number of carbonyl (C=O) groups excluding carboxylic acids is 1. The topological polar surface area (TPSA) is 104 Å². The molecule has 0 saturated carbocycles. The van der Waals surface area contributed by atoms with Crippen LogP contribution in [0.1, 0.15) is 6.92 Å². The number of ether oxygens (including phenoxy) is 1. The zero-order chi connectivity index (χ0) is 13.0. The minimum Gasteiger partial charge on any atom is -0.461 e. The first-order valence-corrected chi connectivity index (χ1v) is 6.94.